The predicted molar refractivity (Wildman–Crippen MR) is 45.3 cm³/mol. The molecular weight excluding hydrogens is 179 g/mol. The van der Waals surface area contributed by atoms with Crippen molar-refractivity contribution in [1.29, 1.82) is 0 Å². The first kappa shape index (κ1) is 9.89. The van der Waals surface area contributed by atoms with Crippen molar-refractivity contribution in [2.45, 2.75) is 20.0 Å². The van der Waals surface area contributed by atoms with Crippen LogP contribution >= 0.6 is 0 Å². The largest absolute Gasteiger partial charge is 0.416 e. The number of hydrogen-bond donors (Lipinski definition) is 1. The molecule has 0 fully saturated rings. The minimum atomic E-state index is -4.32. The lowest BCUT2D eigenvalue weighted by atomic mass is 10.0. The van der Waals surface area contributed by atoms with Crippen LogP contribution in [0.3, 0.4) is 0 Å². The molecule has 13 heavy (non-hydrogen) atoms. The molecule has 0 aromatic heterocycles. The highest BCUT2D eigenvalue weighted by atomic mass is 19.4. The fourth-order valence-electron chi connectivity index (χ4n) is 1.30. The number of rotatable bonds is 0. The number of halogens is 3. The van der Waals surface area contributed by atoms with Crippen LogP contribution in [0.25, 0.3) is 0 Å². The topological polar surface area (TPSA) is 26.0 Å². The second-order valence-corrected chi connectivity index (χ2v) is 2.97. The highest BCUT2D eigenvalue weighted by Crippen LogP contribution is 2.36. The number of anilines is 1. The number of nitrogens with two attached hydrogens (primary N) is 1. The summed E-state index contributed by atoms with van der Waals surface area (Å²) in [6.07, 6.45) is -4.32. The van der Waals surface area contributed by atoms with E-state index in [1.54, 1.807) is 0 Å². The Labute approximate surface area is 74.4 Å². The second-order valence-electron chi connectivity index (χ2n) is 2.97. The van der Waals surface area contributed by atoms with Gasteiger partial charge in [-0.1, -0.05) is 6.07 Å². The van der Waals surface area contributed by atoms with Crippen LogP contribution in [0, 0.1) is 13.8 Å². The summed E-state index contributed by atoms with van der Waals surface area (Å²) >= 11 is 0. The van der Waals surface area contributed by atoms with Crippen LogP contribution in [0.2, 0.25) is 0 Å². The van der Waals surface area contributed by atoms with Gasteiger partial charge >= 0.3 is 6.18 Å². The lowest BCUT2D eigenvalue weighted by molar-refractivity contribution is -0.138. The third kappa shape index (κ3) is 1.76. The number of benzene rings is 1. The Balaban J connectivity index is 3.43. The van der Waals surface area contributed by atoms with E-state index in [-0.39, 0.29) is 16.8 Å². The van der Waals surface area contributed by atoms with Gasteiger partial charge in [-0.15, -0.1) is 0 Å². The van der Waals surface area contributed by atoms with Gasteiger partial charge in [0.05, 0.1) is 5.56 Å². The summed E-state index contributed by atoms with van der Waals surface area (Å²) in [5, 5.41) is 0. The maximum Gasteiger partial charge on any atom is 0.416 e. The number of hydrogen-bond acceptors (Lipinski definition) is 1. The average Bonchev–Trinajstić information content (AvgIpc) is 1.95. The fraction of sp³-hybridized carbons (Fsp3) is 0.333. The van der Waals surface area contributed by atoms with E-state index in [1.807, 2.05) is 0 Å². The summed E-state index contributed by atoms with van der Waals surface area (Å²) in [5.74, 6) is 0. The molecule has 0 heterocycles. The molecule has 0 atom stereocenters. The molecule has 0 amide bonds. The van der Waals surface area contributed by atoms with Gasteiger partial charge in [0.15, 0.2) is 0 Å². The van der Waals surface area contributed by atoms with Gasteiger partial charge in [0.1, 0.15) is 0 Å². The van der Waals surface area contributed by atoms with Crippen LogP contribution in [-0.4, -0.2) is 0 Å². The van der Waals surface area contributed by atoms with E-state index >= 15 is 0 Å². The highest BCUT2D eigenvalue weighted by Gasteiger charge is 2.34. The Hall–Kier alpha value is -1.19. The van der Waals surface area contributed by atoms with Crippen LogP contribution in [0.5, 0.6) is 0 Å². The van der Waals surface area contributed by atoms with Crippen LogP contribution in [0.15, 0.2) is 12.1 Å². The Kier molecular flexibility index (Phi) is 2.24. The van der Waals surface area contributed by atoms with Crippen molar-refractivity contribution in [3.8, 4) is 0 Å². The molecule has 0 saturated carbocycles. The Morgan fingerprint density at radius 1 is 1.15 bits per heavy atom. The van der Waals surface area contributed by atoms with Gasteiger partial charge in [0, 0.05) is 5.69 Å². The van der Waals surface area contributed by atoms with Crippen LogP contribution < -0.4 is 5.73 Å². The van der Waals surface area contributed by atoms with Crippen molar-refractivity contribution >= 4 is 5.69 Å². The SMILES string of the molecule is Cc1ccc(N)c(C)c1C(F)(F)F. The first-order valence-corrected chi connectivity index (χ1v) is 3.77. The Morgan fingerprint density at radius 2 is 1.69 bits per heavy atom. The lowest BCUT2D eigenvalue weighted by Gasteiger charge is -2.14. The molecule has 72 valence electrons. The van der Waals surface area contributed by atoms with Gasteiger partial charge in [0.2, 0.25) is 0 Å². The summed E-state index contributed by atoms with van der Waals surface area (Å²) in [6.45, 7) is 2.81. The molecule has 1 aromatic carbocycles. The second kappa shape index (κ2) is 2.94. The molecule has 0 radical (unpaired) electrons. The molecule has 0 spiro atoms. The smallest absolute Gasteiger partial charge is 0.399 e. The van der Waals surface area contributed by atoms with E-state index in [1.165, 1.54) is 26.0 Å². The quantitative estimate of drug-likeness (QED) is 0.624. The highest BCUT2D eigenvalue weighted by molar-refractivity contribution is 5.53. The maximum absolute atomic E-state index is 12.4. The molecule has 0 unspecified atom stereocenters. The van der Waals surface area contributed by atoms with Crippen molar-refractivity contribution in [2.24, 2.45) is 0 Å². The minimum Gasteiger partial charge on any atom is -0.399 e. The van der Waals surface area contributed by atoms with E-state index in [9.17, 15) is 13.2 Å². The monoisotopic (exact) mass is 189 g/mol. The van der Waals surface area contributed by atoms with Crippen molar-refractivity contribution in [3.63, 3.8) is 0 Å². The summed E-state index contributed by atoms with van der Waals surface area (Å²) in [7, 11) is 0. The summed E-state index contributed by atoms with van der Waals surface area (Å²) < 4.78 is 37.3. The van der Waals surface area contributed by atoms with E-state index in [0.29, 0.717) is 0 Å². The molecule has 2 N–H and O–H groups in total. The summed E-state index contributed by atoms with van der Waals surface area (Å²) in [4.78, 5) is 0. The third-order valence-electron chi connectivity index (χ3n) is 2.00. The molecule has 0 bridgehead atoms. The predicted octanol–water partition coefficient (Wildman–Crippen LogP) is 2.90. The fourth-order valence-corrected chi connectivity index (χ4v) is 1.30. The van der Waals surface area contributed by atoms with E-state index in [0.717, 1.165) is 0 Å². The van der Waals surface area contributed by atoms with Gasteiger partial charge in [-0.3, -0.25) is 0 Å². The molecule has 0 aliphatic heterocycles. The molecule has 1 nitrogen and oxygen atoms in total. The van der Waals surface area contributed by atoms with Gasteiger partial charge in [0.25, 0.3) is 0 Å². The minimum absolute atomic E-state index is 0.104. The zero-order chi connectivity index (χ0) is 10.2. The van der Waals surface area contributed by atoms with Crippen molar-refractivity contribution in [3.05, 3.63) is 28.8 Å². The van der Waals surface area contributed by atoms with Gasteiger partial charge in [-0.25, -0.2) is 0 Å². The van der Waals surface area contributed by atoms with E-state index < -0.39 is 11.7 Å². The first-order chi connectivity index (χ1) is 5.84. The van der Waals surface area contributed by atoms with Crippen molar-refractivity contribution < 1.29 is 13.2 Å². The van der Waals surface area contributed by atoms with Gasteiger partial charge in [-0.2, -0.15) is 13.2 Å². The third-order valence-corrected chi connectivity index (χ3v) is 2.00. The molecule has 1 aromatic rings. The molecular formula is C9H10F3N. The van der Waals surface area contributed by atoms with E-state index in [4.69, 9.17) is 5.73 Å². The normalized spacial score (nSPS) is 11.8. The van der Waals surface area contributed by atoms with Crippen LogP contribution in [-0.2, 0) is 6.18 Å². The molecule has 1 rings (SSSR count). The van der Waals surface area contributed by atoms with Crippen LogP contribution in [0.1, 0.15) is 16.7 Å². The average molecular weight is 189 g/mol. The summed E-state index contributed by atoms with van der Waals surface area (Å²) in [6, 6.07) is 2.87. The number of aryl methyl sites for hydroxylation is 1. The number of nitrogen functional groups attached to an aromatic ring is 1. The molecule has 0 aliphatic carbocycles. The molecule has 0 aliphatic rings. The summed E-state index contributed by atoms with van der Waals surface area (Å²) in [5.41, 5.74) is 5.26. The first-order valence-electron chi connectivity index (χ1n) is 3.77. The van der Waals surface area contributed by atoms with Gasteiger partial charge < -0.3 is 5.73 Å². The Bertz CT molecular complexity index is 328. The Morgan fingerprint density at radius 3 is 2.08 bits per heavy atom. The maximum atomic E-state index is 12.4. The standard InChI is InChI=1S/C9H10F3N/c1-5-3-4-7(13)6(2)8(5)9(10,11)12/h3-4H,13H2,1-2H3. The molecule has 4 heteroatoms. The zero-order valence-electron chi connectivity index (χ0n) is 7.37. The van der Waals surface area contributed by atoms with Crippen LogP contribution in [0.4, 0.5) is 18.9 Å². The lowest BCUT2D eigenvalue weighted by Crippen LogP contribution is -2.11. The van der Waals surface area contributed by atoms with Crippen molar-refractivity contribution in [1.82, 2.24) is 0 Å². The molecule has 0 saturated heterocycles. The van der Waals surface area contributed by atoms with Crippen molar-refractivity contribution in [2.75, 3.05) is 5.73 Å². The van der Waals surface area contributed by atoms with E-state index in [2.05, 4.69) is 0 Å². The zero-order valence-corrected chi connectivity index (χ0v) is 7.37. The number of alkyl halides is 3. The van der Waals surface area contributed by atoms with Gasteiger partial charge in [-0.05, 0) is 31.0 Å².